The predicted molar refractivity (Wildman–Crippen MR) is 99.1 cm³/mol. The molecule has 0 aliphatic rings. The van der Waals surface area contributed by atoms with E-state index < -0.39 is 0 Å². The molecule has 0 N–H and O–H groups in total. The Morgan fingerprint density at radius 1 is 1.24 bits per heavy atom. The maximum absolute atomic E-state index is 11.6. The molecular formula is C15H10Br2INO2. The summed E-state index contributed by atoms with van der Waals surface area (Å²) in [5.41, 5.74) is 3.62. The van der Waals surface area contributed by atoms with E-state index in [-0.39, 0.29) is 10.6 Å². The van der Waals surface area contributed by atoms with Crippen molar-refractivity contribution in [1.82, 2.24) is 4.57 Å². The fourth-order valence-electron chi connectivity index (χ4n) is 2.20. The summed E-state index contributed by atoms with van der Waals surface area (Å²) in [6, 6.07) is 12.0. The molecule has 1 aromatic heterocycles. The number of fused-ring (bicyclic) bond motifs is 1. The van der Waals surface area contributed by atoms with Crippen LogP contribution in [0.1, 0.15) is 16.0 Å². The minimum absolute atomic E-state index is 0.0387. The van der Waals surface area contributed by atoms with Gasteiger partial charge < -0.3 is 4.42 Å². The highest BCUT2D eigenvalue weighted by Crippen LogP contribution is 2.36. The van der Waals surface area contributed by atoms with Gasteiger partial charge in [0.15, 0.2) is 5.58 Å². The Labute approximate surface area is 151 Å². The molecule has 0 aliphatic carbocycles. The number of alkyl halides is 1. The number of oxazole rings is 1. The van der Waals surface area contributed by atoms with Gasteiger partial charge in [0.05, 0.1) is 10.3 Å². The first-order valence-corrected chi connectivity index (χ1v) is 8.94. The SMILES string of the molecule is Cn1c(=O)oc2cc(C(Br)c3cc(Br)ccc3I)ccc21. The summed E-state index contributed by atoms with van der Waals surface area (Å²) < 4.78 is 8.97. The van der Waals surface area contributed by atoms with Gasteiger partial charge in [-0.05, 0) is 64.0 Å². The van der Waals surface area contributed by atoms with Crippen LogP contribution < -0.4 is 5.76 Å². The fraction of sp³-hybridized carbons (Fsp3) is 0.133. The van der Waals surface area contributed by atoms with Gasteiger partial charge in [-0.15, -0.1) is 0 Å². The molecule has 0 aliphatic heterocycles. The molecule has 0 amide bonds. The van der Waals surface area contributed by atoms with Gasteiger partial charge in [-0.2, -0.15) is 0 Å². The highest BCUT2D eigenvalue weighted by molar-refractivity contribution is 14.1. The number of hydrogen-bond acceptors (Lipinski definition) is 2. The molecule has 108 valence electrons. The quantitative estimate of drug-likeness (QED) is 0.351. The molecule has 21 heavy (non-hydrogen) atoms. The first-order valence-electron chi connectivity index (χ1n) is 6.16. The molecule has 2 aromatic carbocycles. The topological polar surface area (TPSA) is 35.1 Å². The molecular weight excluding hydrogens is 513 g/mol. The van der Waals surface area contributed by atoms with Gasteiger partial charge in [-0.3, -0.25) is 4.57 Å². The molecule has 1 heterocycles. The summed E-state index contributed by atoms with van der Waals surface area (Å²) in [5, 5.41) is 0. The average Bonchev–Trinajstić information content (AvgIpc) is 2.75. The highest BCUT2D eigenvalue weighted by atomic mass is 127. The molecule has 1 atom stereocenters. The van der Waals surface area contributed by atoms with E-state index >= 15 is 0 Å². The van der Waals surface area contributed by atoms with Gasteiger partial charge in [0, 0.05) is 15.1 Å². The Balaban J connectivity index is 2.11. The van der Waals surface area contributed by atoms with Crippen molar-refractivity contribution in [3.8, 4) is 0 Å². The summed E-state index contributed by atoms with van der Waals surface area (Å²) in [6.45, 7) is 0. The lowest BCUT2D eigenvalue weighted by atomic mass is 10.0. The van der Waals surface area contributed by atoms with Crippen LogP contribution >= 0.6 is 54.5 Å². The van der Waals surface area contributed by atoms with Gasteiger partial charge >= 0.3 is 5.76 Å². The molecule has 6 heteroatoms. The van der Waals surface area contributed by atoms with Crippen molar-refractivity contribution in [2.24, 2.45) is 7.05 Å². The zero-order chi connectivity index (χ0) is 15.1. The van der Waals surface area contributed by atoms with Crippen LogP contribution in [0.3, 0.4) is 0 Å². The van der Waals surface area contributed by atoms with E-state index in [0.717, 1.165) is 15.6 Å². The third-order valence-corrected chi connectivity index (χ3v) is 5.84. The van der Waals surface area contributed by atoms with Gasteiger partial charge in [-0.25, -0.2) is 4.79 Å². The largest absolute Gasteiger partial charge is 0.419 e. The molecule has 3 aromatic rings. The summed E-state index contributed by atoms with van der Waals surface area (Å²) >= 11 is 9.56. The van der Waals surface area contributed by atoms with Crippen LogP contribution in [0.5, 0.6) is 0 Å². The van der Waals surface area contributed by atoms with E-state index in [0.29, 0.717) is 5.58 Å². The van der Waals surface area contributed by atoms with Crippen molar-refractivity contribution >= 4 is 65.6 Å². The number of hydrogen-bond donors (Lipinski definition) is 0. The number of aryl methyl sites for hydroxylation is 1. The predicted octanol–water partition coefficient (Wildman–Crippen LogP) is 4.98. The Kier molecular flexibility index (Phi) is 4.29. The van der Waals surface area contributed by atoms with Crippen LogP contribution in [0.2, 0.25) is 0 Å². The Bertz CT molecular complexity index is 885. The van der Waals surface area contributed by atoms with Gasteiger partial charge in [0.1, 0.15) is 0 Å². The molecule has 0 bridgehead atoms. The lowest BCUT2D eigenvalue weighted by Crippen LogP contribution is -2.08. The van der Waals surface area contributed by atoms with Gasteiger partial charge in [-0.1, -0.05) is 37.9 Å². The molecule has 1 unspecified atom stereocenters. The molecule has 3 rings (SSSR count). The van der Waals surface area contributed by atoms with Crippen LogP contribution in [0.15, 0.2) is 50.1 Å². The summed E-state index contributed by atoms with van der Waals surface area (Å²) in [7, 11) is 1.71. The second-order valence-electron chi connectivity index (χ2n) is 4.68. The number of benzene rings is 2. The molecule has 3 nitrogen and oxygen atoms in total. The van der Waals surface area contributed by atoms with E-state index in [2.05, 4.69) is 66.6 Å². The van der Waals surface area contributed by atoms with E-state index in [1.165, 1.54) is 13.7 Å². The monoisotopic (exact) mass is 521 g/mol. The summed E-state index contributed by atoms with van der Waals surface area (Å²) in [4.78, 5) is 11.6. The second-order valence-corrected chi connectivity index (χ2v) is 7.68. The smallest absolute Gasteiger partial charge is 0.408 e. The lowest BCUT2D eigenvalue weighted by molar-refractivity contribution is 0.528. The third-order valence-electron chi connectivity index (χ3n) is 3.34. The van der Waals surface area contributed by atoms with E-state index in [1.54, 1.807) is 7.05 Å². The normalized spacial score (nSPS) is 12.8. The molecule has 0 spiro atoms. The number of nitrogens with zero attached hydrogens (tertiary/aromatic N) is 1. The van der Waals surface area contributed by atoms with Gasteiger partial charge in [0.25, 0.3) is 0 Å². The Hall–Kier alpha value is -0.600. The van der Waals surface area contributed by atoms with Crippen molar-refractivity contribution in [2.75, 3.05) is 0 Å². The highest BCUT2D eigenvalue weighted by Gasteiger charge is 2.16. The van der Waals surface area contributed by atoms with E-state index in [1.807, 2.05) is 24.3 Å². The summed E-state index contributed by atoms with van der Waals surface area (Å²) in [5.74, 6) is -0.342. The van der Waals surface area contributed by atoms with Crippen molar-refractivity contribution in [3.63, 3.8) is 0 Å². The van der Waals surface area contributed by atoms with E-state index in [9.17, 15) is 4.79 Å². The number of rotatable bonds is 2. The number of aromatic nitrogens is 1. The minimum atomic E-state index is -0.342. The second kappa shape index (κ2) is 5.89. The van der Waals surface area contributed by atoms with Gasteiger partial charge in [0.2, 0.25) is 0 Å². The minimum Gasteiger partial charge on any atom is -0.408 e. The van der Waals surface area contributed by atoms with Crippen LogP contribution in [-0.4, -0.2) is 4.57 Å². The molecule has 0 radical (unpaired) electrons. The van der Waals surface area contributed by atoms with Crippen LogP contribution in [-0.2, 0) is 7.05 Å². The van der Waals surface area contributed by atoms with Crippen molar-refractivity contribution in [3.05, 3.63) is 66.1 Å². The third kappa shape index (κ3) is 2.85. The maximum atomic E-state index is 11.6. The molecule has 0 fully saturated rings. The van der Waals surface area contributed by atoms with Crippen molar-refractivity contribution in [2.45, 2.75) is 4.83 Å². The first kappa shape index (κ1) is 15.3. The maximum Gasteiger partial charge on any atom is 0.419 e. The average molecular weight is 523 g/mol. The first-order chi connectivity index (χ1) is 9.97. The van der Waals surface area contributed by atoms with Crippen LogP contribution in [0.4, 0.5) is 0 Å². The number of halogens is 3. The Morgan fingerprint density at radius 3 is 2.76 bits per heavy atom. The Morgan fingerprint density at radius 2 is 2.00 bits per heavy atom. The zero-order valence-electron chi connectivity index (χ0n) is 10.9. The zero-order valence-corrected chi connectivity index (χ0v) is 16.3. The molecule has 0 saturated carbocycles. The van der Waals surface area contributed by atoms with E-state index in [4.69, 9.17) is 4.42 Å². The lowest BCUT2D eigenvalue weighted by Gasteiger charge is -2.13. The van der Waals surface area contributed by atoms with Crippen LogP contribution in [0, 0.1) is 3.57 Å². The standard InChI is InChI=1S/C15H10Br2INO2/c1-19-12-5-2-8(6-13(12)21-15(19)20)14(17)10-7-9(16)3-4-11(10)18/h2-7,14H,1H3. The van der Waals surface area contributed by atoms with Crippen LogP contribution in [0.25, 0.3) is 11.1 Å². The van der Waals surface area contributed by atoms with Crippen molar-refractivity contribution in [1.29, 1.82) is 0 Å². The summed E-state index contributed by atoms with van der Waals surface area (Å²) in [6.07, 6.45) is 0. The molecule has 0 saturated heterocycles. The fourth-order valence-corrected chi connectivity index (χ4v) is 4.31. The van der Waals surface area contributed by atoms with Crippen molar-refractivity contribution < 1.29 is 4.42 Å².